The van der Waals surface area contributed by atoms with Gasteiger partial charge in [0.05, 0.1) is 0 Å². The molecule has 1 aromatic carbocycles. The van der Waals surface area contributed by atoms with Crippen molar-refractivity contribution < 1.29 is 0 Å². The highest BCUT2D eigenvalue weighted by molar-refractivity contribution is 9.10. The zero-order chi connectivity index (χ0) is 9.14. The van der Waals surface area contributed by atoms with Gasteiger partial charge in [0.1, 0.15) is 0 Å². The van der Waals surface area contributed by atoms with Crippen LogP contribution in [0, 0.1) is 6.92 Å². The minimum atomic E-state index is 0.152. The van der Waals surface area contributed by atoms with Crippen LogP contribution in [0.4, 0.5) is 0 Å². The van der Waals surface area contributed by atoms with Crippen molar-refractivity contribution in [1.29, 1.82) is 0 Å². The molecule has 1 unspecified atom stereocenters. The zero-order valence-electron chi connectivity index (χ0n) is 7.47. The van der Waals surface area contributed by atoms with Crippen LogP contribution in [0.3, 0.4) is 0 Å². The van der Waals surface area contributed by atoms with Gasteiger partial charge in [0.15, 0.2) is 0 Å². The Labute approximate surface area is 82.1 Å². The molecule has 12 heavy (non-hydrogen) atoms. The molecule has 0 spiro atoms. The van der Waals surface area contributed by atoms with Gasteiger partial charge in [-0.15, -0.1) is 0 Å². The van der Waals surface area contributed by atoms with Gasteiger partial charge in [0.25, 0.3) is 0 Å². The van der Waals surface area contributed by atoms with Gasteiger partial charge in [0, 0.05) is 10.5 Å². The van der Waals surface area contributed by atoms with E-state index in [0.29, 0.717) is 0 Å². The second-order valence-electron chi connectivity index (χ2n) is 2.99. The summed E-state index contributed by atoms with van der Waals surface area (Å²) >= 11 is 3.54. The molecule has 0 amide bonds. The molecule has 0 aliphatic carbocycles. The Morgan fingerprint density at radius 1 is 1.50 bits per heavy atom. The van der Waals surface area contributed by atoms with Gasteiger partial charge in [-0.25, -0.2) is 0 Å². The van der Waals surface area contributed by atoms with E-state index < -0.39 is 0 Å². The molecule has 0 heterocycles. The van der Waals surface area contributed by atoms with Gasteiger partial charge >= 0.3 is 0 Å². The Morgan fingerprint density at radius 2 is 2.17 bits per heavy atom. The standard InChI is InChI=1S/C10H14BrN/c1-3-9(12)8-6-4-5-7(2)10(8)11/h4-6,9H,3,12H2,1-2H3. The fourth-order valence-corrected chi connectivity index (χ4v) is 1.73. The maximum absolute atomic E-state index is 5.93. The van der Waals surface area contributed by atoms with E-state index in [4.69, 9.17) is 5.73 Å². The number of aryl methyl sites for hydroxylation is 1. The molecule has 2 heteroatoms. The van der Waals surface area contributed by atoms with E-state index in [1.807, 2.05) is 6.07 Å². The van der Waals surface area contributed by atoms with E-state index in [1.54, 1.807) is 0 Å². The molecule has 0 bridgehead atoms. The third-order valence-corrected chi connectivity index (χ3v) is 3.14. The van der Waals surface area contributed by atoms with Gasteiger partial charge in [-0.05, 0) is 24.5 Å². The first-order chi connectivity index (χ1) is 5.66. The zero-order valence-corrected chi connectivity index (χ0v) is 9.06. The fraction of sp³-hybridized carbons (Fsp3) is 0.400. The molecule has 0 aliphatic rings. The molecule has 0 saturated carbocycles. The molecule has 0 aromatic heterocycles. The smallest absolute Gasteiger partial charge is 0.0303 e. The van der Waals surface area contributed by atoms with Crippen molar-refractivity contribution in [2.45, 2.75) is 26.3 Å². The van der Waals surface area contributed by atoms with Gasteiger partial charge in [0.2, 0.25) is 0 Å². The van der Waals surface area contributed by atoms with Crippen LogP contribution in [0.1, 0.15) is 30.5 Å². The van der Waals surface area contributed by atoms with E-state index in [1.165, 1.54) is 11.1 Å². The average Bonchev–Trinajstić information content (AvgIpc) is 2.08. The minimum Gasteiger partial charge on any atom is -0.324 e. The second-order valence-corrected chi connectivity index (χ2v) is 3.79. The topological polar surface area (TPSA) is 26.0 Å². The lowest BCUT2D eigenvalue weighted by molar-refractivity contribution is 0.694. The number of halogens is 1. The largest absolute Gasteiger partial charge is 0.324 e. The van der Waals surface area contributed by atoms with Crippen LogP contribution in [-0.2, 0) is 0 Å². The second kappa shape index (κ2) is 4.06. The maximum Gasteiger partial charge on any atom is 0.0303 e. The Morgan fingerprint density at radius 3 is 2.75 bits per heavy atom. The van der Waals surface area contributed by atoms with Gasteiger partial charge < -0.3 is 5.73 Å². The number of rotatable bonds is 2. The summed E-state index contributed by atoms with van der Waals surface area (Å²) < 4.78 is 1.15. The van der Waals surface area contributed by atoms with Crippen molar-refractivity contribution in [2.24, 2.45) is 5.73 Å². The lowest BCUT2D eigenvalue weighted by Crippen LogP contribution is -2.09. The molecular formula is C10H14BrN. The van der Waals surface area contributed by atoms with Gasteiger partial charge in [-0.1, -0.05) is 41.1 Å². The molecule has 66 valence electrons. The van der Waals surface area contributed by atoms with Crippen LogP contribution in [0.5, 0.6) is 0 Å². The Kier molecular flexibility index (Phi) is 3.29. The first-order valence-electron chi connectivity index (χ1n) is 4.17. The van der Waals surface area contributed by atoms with Crippen molar-refractivity contribution in [3.8, 4) is 0 Å². The van der Waals surface area contributed by atoms with Gasteiger partial charge in [-0.2, -0.15) is 0 Å². The summed E-state index contributed by atoms with van der Waals surface area (Å²) in [4.78, 5) is 0. The van der Waals surface area contributed by atoms with E-state index >= 15 is 0 Å². The predicted octanol–water partition coefficient (Wildman–Crippen LogP) is 3.17. The molecule has 2 N–H and O–H groups in total. The molecule has 1 nitrogen and oxygen atoms in total. The highest BCUT2D eigenvalue weighted by Gasteiger charge is 2.07. The van der Waals surface area contributed by atoms with E-state index in [0.717, 1.165) is 10.9 Å². The van der Waals surface area contributed by atoms with Crippen molar-refractivity contribution in [1.82, 2.24) is 0 Å². The third kappa shape index (κ3) is 1.87. The summed E-state index contributed by atoms with van der Waals surface area (Å²) in [6.45, 7) is 4.18. The van der Waals surface area contributed by atoms with Crippen molar-refractivity contribution in [3.63, 3.8) is 0 Å². The molecule has 0 radical (unpaired) electrons. The summed E-state index contributed by atoms with van der Waals surface area (Å²) in [6, 6.07) is 6.35. The first kappa shape index (κ1) is 9.75. The highest BCUT2D eigenvalue weighted by Crippen LogP contribution is 2.26. The van der Waals surface area contributed by atoms with Crippen LogP contribution in [0.2, 0.25) is 0 Å². The Hall–Kier alpha value is -0.340. The summed E-state index contributed by atoms with van der Waals surface area (Å²) in [5.41, 5.74) is 8.39. The van der Waals surface area contributed by atoms with Crippen molar-refractivity contribution >= 4 is 15.9 Å². The summed E-state index contributed by atoms with van der Waals surface area (Å²) in [5.74, 6) is 0. The fourth-order valence-electron chi connectivity index (χ4n) is 1.18. The van der Waals surface area contributed by atoms with Crippen molar-refractivity contribution in [2.75, 3.05) is 0 Å². The van der Waals surface area contributed by atoms with Crippen LogP contribution >= 0.6 is 15.9 Å². The molecule has 1 atom stereocenters. The number of hydrogen-bond acceptors (Lipinski definition) is 1. The lowest BCUT2D eigenvalue weighted by atomic mass is 10.0. The quantitative estimate of drug-likeness (QED) is 0.826. The minimum absolute atomic E-state index is 0.152. The molecule has 0 fully saturated rings. The van der Waals surface area contributed by atoms with E-state index in [9.17, 15) is 0 Å². The lowest BCUT2D eigenvalue weighted by Gasteiger charge is -2.12. The first-order valence-corrected chi connectivity index (χ1v) is 4.96. The maximum atomic E-state index is 5.93. The summed E-state index contributed by atoms with van der Waals surface area (Å²) in [6.07, 6.45) is 0.974. The number of nitrogens with two attached hydrogens (primary N) is 1. The molecule has 0 saturated heterocycles. The van der Waals surface area contributed by atoms with Gasteiger partial charge in [-0.3, -0.25) is 0 Å². The van der Waals surface area contributed by atoms with Crippen LogP contribution in [0.25, 0.3) is 0 Å². The molecule has 1 aromatic rings. The SMILES string of the molecule is CCC(N)c1cccc(C)c1Br. The summed E-state index contributed by atoms with van der Waals surface area (Å²) in [5, 5.41) is 0. The monoisotopic (exact) mass is 227 g/mol. The number of benzene rings is 1. The molecule has 0 aliphatic heterocycles. The summed E-state index contributed by atoms with van der Waals surface area (Å²) in [7, 11) is 0. The molecular weight excluding hydrogens is 214 g/mol. The van der Waals surface area contributed by atoms with Crippen LogP contribution in [-0.4, -0.2) is 0 Å². The predicted molar refractivity (Wildman–Crippen MR) is 56.1 cm³/mol. The van der Waals surface area contributed by atoms with E-state index in [2.05, 4.69) is 41.9 Å². The normalized spacial score (nSPS) is 13.0. The van der Waals surface area contributed by atoms with Crippen LogP contribution < -0.4 is 5.73 Å². The highest BCUT2D eigenvalue weighted by atomic mass is 79.9. The third-order valence-electron chi connectivity index (χ3n) is 2.06. The number of hydrogen-bond donors (Lipinski definition) is 1. The van der Waals surface area contributed by atoms with E-state index in [-0.39, 0.29) is 6.04 Å². The van der Waals surface area contributed by atoms with Crippen LogP contribution in [0.15, 0.2) is 22.7 Å². The van der Waals surface area contributed by atoms with Crippen molar-refractivity contribution in [3.05, 3.63) is 33.8 Å². The Bertz CT molecular complexity index is 271. The Balaban J connectivity index is 3.07. The molecule has 1 rings (SSSR count). The average molecular weight is 228 g/mol.